The topological polar surface area (TPSA) is 201 Å². The minimum absolute atomic E-state index is 0.00381. The number of ether oxygens (including phenoxy) is 1. The lowest BCUT2D eigenvalue weighted by Crippen LogP contribution is -2.46. The normalized spacial score (nSPS) is 13.4. The van der Waals surface area contributed by atoms with Gasteiger partial charge in [0.25, 0.3) is 0 Å². The second-order valence-corrected chi connectivity index (χ2v) is 7.74. The molecule has 3 atom stereocenters. The third-order valence-corrected chi connectivity index (χ3v) is 4.76. The van der Waals surface area contributed by atoms with E-state index >= 15 is 0 Å². The molecule has 33 heavy (non-hydrogen) atoms. The van der Waals surface area contributed by atoms with Crippen molar-refractivity contribution in [1.29, 1.82) is 0 Å². The Bertz CT molecular complexity index is 730. The lowest BCUT2D eigenvalue weighted by atomic mass is 9.88. The minimum Gasteiger partial charge on any atom is -0.481 e. The van der Waals surface area contributed by atoms with E-state index in [-0.39, 0.29) is 6.42 Å². The third-order valence-electron chi connectivity index (χ3n) is 4.76. The molecule has 0 aromatic heterocycles. The first-order chi connectivity index (χ1) is 15.4. The quantitative estimate of drug-likeness (QED) is 0.190. The molecule has 0 radical (unpaired) electrons. The van der Waals surface area contributed by atoms with Crippen LogP contribution >= 0.6 is 0 Å². The molecule has 1 amide bonds. The molecular formula is C21H31NO11. The number of rotatable bonds is 19. The summed E-state index contributed by atoms with van der Waals surface area (Å²) >= 11 is 0. The highest BCUT2D eigenvalue weighted by atomic mass is 16.5. The van der Waals surface area contributed by atoms with Gasteiger partial charge in [-0.3, -0.25) is 28.8 Å². The van der Waals surface area contributed by atoms with Crippen molar-refractivity contribution in [3.8, 4) is 0 Å². The Balaban J connectivity index is 5.45. The first-order valence-electron chi connectivity index (χ1n) is 10.4. The van der Waals surface area contributed by atoms with Crippen molar-refractivity contribution in [2.24, 2.45) is 11.8 Å². The summed E-state index contributed by atoms with van der Waals surface area (Å²) in [6.07, 6.45) is -2.27. The molecule has 0 aromatic rings. The molecular weight excluding hydrogens is 442 g/mol. The fourth-order valence-corrected chi connectivity index (χ4v) is 3.17. The molecule has 12 nitrogen and oxygen atoms in total. The molecule has 0 bridgehead atoms. The predicted octanol–water partition coefficient (Wildman–Crippen LogP) is 0.452. The van der Waals surface area contributed by atoms with E-state index in [0.717, 1.165) is 6.92 Å². The molecule has 4 N–H and O–H groups in total. The van der Waals surface area contributed by atoms with Gasteiger partial charge in [-0.2, -0.15) is 0 Å². The lowest BCUT2D eigenvalue weighted by molar-refractivity contribution is -0.144. The van der Waals surface area contributed by atoms with E-state index in [9.17, 15) is 33.6 Å². The van der Waals surface area contributed by atoms with Crippen molar-refractivity contribution >= 4 is 41.2 Å². The Morgan fingerprint density at radius 3 is 1.76 bits per heavy atom. The summed E-state index contributed by atoms with van der Waals surface area (Å²) in [4.78, 5) is 82.3. The number of Topliss-reactive ketones (excluding diaryl/α,β-unsaturated/α-hetero) is 3. The SMILES string of the molecule is COCCCCC(=O)[C@H](CC(=O)O)CC(=O)[C@H](CC(=O)O)NC(=O)[C@@H](CC(C)=O)CC(=O)O. The molecule has 0 aliphatic rings. The minimum atomic E-state index is -1.61. The summed E-state index contributed by atoms with van der Waals surface area (Å²) in [6.45, 7) is 1.55. The number of carbonyl (C=O) groups excluding carboxylic acids is 4. The first-order valence-corrected chi connectivity index (χ1v) is 10.4. The Kier molecular flexibility index (Phi) is 14.1. The average molecular weight is 473 g/mol. The van der Waals surface area contributed by atoms with Crippen LogP contribution in [-0.4, -0.2) is 76.2 Å². The molecule has 0 spiro atoms. The van der Waals surface area contributed by atoms with Gasteiger partial charge in [0.1, 0.15) is 11.6 Å². The van der Waals surface area contributed by atoms with Gasteiger partial charge >= 0.3 is 17.9 Å². The van der Waals surface area contributed by atoms with Crippen LogP contribution in [0, 0.1) is 11.8 Å². The van der Waals surface area contributed by atoms with Gasteiger partial charge in [-0.1, -0.05) is 0 Å². The van der Waals surface area contributed by atoms with Crippen molar-refractivity contribution in [2.45, 2.75) is 64.3 Å². The zero-order valence-corrected chi connectivity index (χ0v) is 18.7. The Morgan fingerprint density at radius 2 is 1.27 bits per heavy atom. The van der Waals surface area contributed by atoms with E-state index in [4.69, 9.17) is 20.1 Å². The molecule has 12 heteroatoms. The third kappa shape index (κ3) is 13.8. The predicted molar refractivity (Wildman–Crippen MR) is 111 cm³/mol. The monoisotopic (exact) mass is 473 g/mol. The van der Waals surface area contributed by atoms with Crippen molar-refractivity contribution in [1.82, 2.24) is 5.32 Å². The molecule has 0 fully saturated rings. The largest absolute Gasteiger partial charge is 0.481 e. The van der Waals surface area contributed by atoms with Crippen molar-refractivity contribution in [2.75, 3.05) is 13.7 Å². The van der Waals surface area contributed by atoms with Crippen LogP contribution < -0.4 is 5.32 Å². The molecule has 0 aliphatic heterocycles. The number of carboxylic acids is 3. The molecule has 0 saturated carbocycles. The van der Waals surface area contributed by atoms with Crippen LogP contribution in [0.2, 0.25) is 0 Å². The van der Waals surface area contributed by atoms with Gasteiger partial charge < -0.3 is 30.2 Å². The maximum Gasteiger partial charge on any atom is 0.305 e. The molecule has 0 saturated heterocycles. The van der Waals surface area contributed by atoms with Crippen LogP contribution in [0.1, 0.15) is 58.3 Å². The summed E-state index contributed by atoms with van der Waals surface area (Å²) < 4.78 is 4.87. The number of hydrogen-bond donors (Lipinski definition) is 4. The number of aliphatic carboxylic acids is 3. The number of unbranched alkanes of at least 4 members (excludes halogenated alkanes) is 1. The van der Waals surface area contributed by atoms with Crippen molar-refractivity contribution < 1.29 is 53.6 Å². The second-order valence-electron chi connectivity index (χ2n) is 7.74. The van der Waals surface area contributed by atoms with E-state index in [1.165, 1.54) is 7.11 Å². The van der Waals surface area contributed by atoms with Crippen LogP contribution in [0.3, 0.4) is 0 Å². The van der Waals surface area contributed by atoms with Crippen molar-refractivity contribution in [3.05, 3.63) is 0 Å². The molecule has 0 unspecified atom stereocenters. The average Bonchev–Trinajstić information content (AvgIpc) is 2.68. The Morgan fingerprint density at radius 1 is 0.727 bits per heavy atom. The molecule has 0 heterocycles. The standard InChI is InChI=1S/C21H31NO11/c1-12(23)7-14(10-19(28)29)21(32)22-15(11-20(30)31)17(25)8-13(9-18(26)27)16(24)5-3-4-6-33-2/h13-15H,3-11H2,1-2H3,(H,22,32)(H,26,27)(H,28,29)(H,30,31)/t13-,14-,15-/m0/s1. The summed E-state index contributed by atoms with van der Waals surface area (Å²) in [5.41, 5.74) is 0. The fourth-order valence-electron chi connectivity index (χ4n) is 3.17. The Hall–Kier alpha value is -3.15. The summed E-state index contributed by atoms with van der Waals surface area (Å²) in [5, 5.41) is 29.3. The zero-order chi connectivity index (χ0) is 25.6. The number of carboxylic acid groups (broad SMARTS) is 3. The van der Waals surface area contributed by atoms with Gasteiger partial charge in [0, 0.05) is 38.9 Å². The summed E-state index contributed by atoms with van der Waals surface area (Å²) in [6, 6.07) is -1.61. The van der Waals surface area contributed by atoms with Gasteiger partial charge in [-0.15, -0.1) is 0 Å². The van der Waals surface area contributed by atoms with Gasteiger partial charge in [0.2, 0.25) is 5.91 Å². The number of amides is 1. The number of hydrogen-bond acceptors (Lipinski definition) is 8. The number of nitrogens with one attached hydrogen (secondary N) is 1. The number of methoxy groups -OCH3 is 1. The van der Waals surface area contributed by atoms with Gasteiger partial charge in [0.05, 0.1) is 31.2 Å². The highest BCUT2D eigenvalue weighted by molar-refractivity contribution is 5.97. The van der Waals surface area contributed by atoms with Crippen LogP contribution in [0.5, 0.6) is 0 Å². The maximum absolute atomic E-state index is 12.7. The van der Waals surface area contributed by atoms with Gasteiger partial charge in [-0.25, -0.2) is 0 Å². The molecule has 0 aliphatic carbocycles. The molecule has 0 rings (SSSR count). The van der Waals surface area contributed by atoms with Crippen LogP contribution in [0.25, 0.3) is 0 Å². The van der Waals surface area contributed by atoms with E-state index in [1.54, 1.807) is 0 Å². The van der Waals surface area contributed by atoms with Gasteiger partial charge in [0.15, 0.2) is 5.78 Å². The smallest absolute Gasteiger partial charge is 0.305 e. The number of ketones is 3. The first kappa shape index (κ1) is 29.9. The molecule has 186 valence electrons. The maximum atomic E-state index is 12.7. The van der Waals surface area contributed by atoms with Crippen molar-refractivity contribution in [3.63, 3.8) is 0 Å². The van der Waals surface area contributed by atoms with Gasteiger partial charge in [-0.05, 0) is 19.8 Å². The van der Waals surface area contributed by atoms with Crippen LogP contribution in [0.15, 0.2) is 0 Å². The van der Waals surface area contributed by atoms with E-state index in [1.807, 2.05) is 0 Å². The van der Waals surface area contributed by atoms with E-state index in [0.29, 0.717) is 19.4 Å². The number of carbonyl (C=O) groups is 7. The second kappa shape index (κ2) is 15.6. The van der Waals surface area contributed by atoms with Crippen LogP contribution in [-0.2, 0) is 38.3 Å². The lowest BCUT2D eigenvalue weighted by Gasteiger charge is -2.21. The highest BCUT2D eigenvalue weighted by Crippen LogP contribution is 2.18. The zero-order valence-electron chi connectivity index (χ0n) is 18.7. The highest BCUT2D eigenvalue weighted by Gasteiger charge is 2.32. The summed E-state index contributed by atoms with van der Waals surface area (Å²) in [7, 11) is 1.49. The fraction of sp³-hybridized carbons (Fsp3) is 0.667. The van der Waals surface area contributed by atoms with Crippen LogP contribution in [0.4, 0.5) is 0 Å². The summed E-state index contributed by atoms with van der Waals surface area (Å²) in [5.74, 6) is -9.49. The Labute approximate surface area is 190 Å². The van der Waals surface area contributed by atoms with E-state index in [2.05, 4.69) is 5.32 Å². The molecule has 0 aromatic carbocycles. The van der Waals surface area contributed by atoms with E-state index < -0.39 is 91.1 Å².